The van der Waals surface area contributed by atoms with Crippen molar-refractivity contribution in [2.45, 2.75) is 27.7 Å². The van der Waals surface area contributed by atoms with Crippen LogP contribution in [0.4, 0.5) is 0 Å². The number of aromatic nitrogens is 4. The number of rotatable bonds is 1. The Bertz CT molecular complexity index is 501. The van der Waals surface area contributed by atoms with E-state index in [0.29, 0.717) is 0 Å². The maximum absolute atomic E-state index is 4.49. The number of halogens is 1. The molecule has 2 aromatic heterocycles. The summed E-state index contributed by atoms with van der Waals surface area (Å²) in [5.41, 5.74) is 4.50. The van der Waals surface area contributed by atoms with Crippen molar-refractivity contribution >= 4 is 15.9 Å². The lowest BCUT2D eigenvalue weighted by molar-refractivity contribution is 0.708. The van der Waals surface area contributed by atoms with Gasteiger partial charge < -0.3 is 0 Å². The quantitative estimate of drug-likeness (QED) is 0.806. The molecule has 0 radical (unpaired) electrons. The summed E-state index contributed by atoms with van der Waals surface area (Å²) in [6.07, 6.45) is 0. The Hall–Kier alpha value is -1.10. The van der Waals surface area contributed by atoms with Gasteiger partial charge in [-0.3, -0.25) is 4.68 Å². The molecule has 0 unspecified atom stereocenters. The van der Waals surface area contributed by atoms with Crippen LogP contribution in [0.5, 0.6) is 0 Å². The summed E-state index contributed by atoms with van der Waals surface area (Å²) in [6.45, 7) is 8.18. The van der Waals surface area contributed by atoms with E-state index < -0.39 is 0 Å². The van der Waals surface area contributed by atoms with Crippen LogP contribution in [0.25, 0.3) is 5.82 Å². The van der Waals surface area contributed by atoms with E-state index >= 15 is 0 Å². The van der Waals surface area contributed by atoms with Gasteiger partial charge in [-0.1, -0.05) is 0 Å². The van der Waals surface area contributed by atoms with Crippen LogP contribution < -0.4 is 0 Å². The summed E-state index contributed by atoms with van der Waals surface area (Å²) >= 11 is 3.56. The highest BCUT2D eigenvalue weighted by Crippen LogP contribution is 2.24. The van der Waals surface area contributed by atoms with Crippen molar-refractivity contribution < 1.29 is 0 Å². The lowest BCUT2D eigenvalue weighted by atomic mass is 10.3. The first-order valence-corrected chi connectivity index (χ1v) is 5.95. The van der Waals surface area contributed by atoms with Crippen LogP contribution in [0.2, 0.25) is 0 Å². The van der Waals surface area contributed by atoms with E-state index in [0.717, 1.165) is 32.9 Å². The maximum Gasteiger partial charge on any atom is 0.179 e. The molecular formula is C11H15BrN4. The summed E-state index contributed by atoms with van der Waals surface area (Å²) in [5, 5.41) is 8.97. The fourth-order valence-corrected chi connectivity index (χ4v) is 2.15. The highest BCUT2D eigenvalue weighted by molar-refractivity contribution is 9.10. The molecule has 0 N–H and O–H groups in total. The largest absolute Gasteiger partial charge is 0.270 e. The molecule has 2 aromatic rings. The zero-order chi connectivity index (χ0) is 12.0. The third-order valence-electron chi connectivity index (χ3n) is 3.10. The topological polar surface area (TPSA) is 35.6 Å². The molecule has 5 heteroatoms. The molecule has 0 saturated heterocycles. The van der Waals surface area contributed by atoms with E-state index in [1.165, 1.54) is 0 Å². The molecule has 4 nitrogen and oxygen atoms in total. The summed E-state index contributed by atoms with van der Waals surface area (Å²) in [6, 6.07) is 0. The number of hydrogen-bond acceptors (Lipinski definition) is 2. The third kappa shape index (κ3) is 1.50. The zero-order valence-corrected chi connectivity index (χ0v) is 11.8. The average Bonchev–Trinajstić information content (AvgIpc) is 2.64. The summed E-state index contributed by atoms with van der Waals surface area (Å²) < 4.78 is 4.71. The molecule has 0 aliphatic rings. The third-order valence-corrected chi connectivity index (χ3v) is 4.03. The maximum atomic E-state index is 4.49. The van der Waals surface area contributed by atoms with Crippen molar-refractivity contribution in [3.63, 3.8) is 0 Å². The Morgan fingerprint density at radius 3 is 2.00 bits per heavy atom. The number of nitrogens with zero attached hydrogens (tertiary/aromatic N) is 4. The molecule has 0 aromatic carbocycles. The van der Waals surface area contributed by atoms with Gasteiger partial charge in [0.2, 0.25) is 0 Å². The summed E-state index contributed by atoms with van der Waals surface area (Å²) in [5.74, 6) is 0.892. The fraction of sp³-hybridized carbons (Fsp3) is 0.455. The van der Waals surface area contributed by atoms with Crippen LogP contribution in [-0.2, 0) is 7.05 Å². The molecule has 0 amide bonds. The van der Waals surface area contributed by atoms with Crippen LogP contribution in [-0.4, -0.2) is 19.6 Å². The van der Waals surface area contributed by atoms with Gasteiger partial charge >= 0.3 is 0 Å². The first-order chi connectivity index (χ1) is 7.43. The van der Waals surface area contributed by atoms with Crippen LogP contribution in [0.3, 0.4) is 0 Å². The van der Waals surface area contributed by atoms with Crippen LogP contribution >= 0.6 is 15.9 Å². The van der Waals surface area contributed by atoms with Gasteiger partial charge in [-0.25, -0.2) is 4.68 Å². The van der Waals surface area contributed by atoms with E-state index in [2.05, 4.69) is 40.0 Å². The standard InChI is InChI=1S/C11H15BrN4/c1-6-8(3)13-16(10(6)12)11-7(2)9(4)15(5)14-11/h1-5H3. The molecule has 2 heterocycles. The second-order valence-electron chi connectivity index (χ2n) is 4.07. The Morgan fingerprint density at radius 1 is 1.00 bits per heavy atom. The van der Waals surface area contributed by atoms with Crippen molar-refractivity contribution in [1.29, 1.82) is 0 Å². The molecule has 16 heavy (non-hydrogen) atoms. The van der Waals surface area contributed by atoms with Gasteiger partial charge in [0.05, 0.1) is 5.69 Å². The SMILES string of the molecule is Cc1nn(-c2nn(C)c(C)c2C)c(Br)c1C. The minimum atomic E-state index is 0.892. The Kier molecular flexibility index (Phi) is 2.66. The van der Waals surface area contributed by atoms with Gasteiger partial charge in [0.25, 0.3) is 0 Å². The Balaban J connectivity index is 2.68. The summed E-state index contributed by atoms with van der Waals surface area (Å²) in [7, 11) is 1.95. The fourth-order valence-electron chi connectivity index (χ4n) is 1.62. The smallest absolute Gasteiger partial charge is 0.179 e. The Labute approximate surface area is 103 Å². The van der Waals surface area contributed by atoms with E-state index in [-0.39, 0.29) is 0 Å². The molecule has 0 saturated carbocycles. The monoisotopic (exact) mass is 282 g/mol. The molecular weight excluding hydrogens is 268 g/mol. The predicted octanol–water partition coefficient (Wildman–Crippen LogP) is 2.60. The lowest BCUT2D eigenvalue weighted by Crippen LogP contribution is -2.01. The predicted molar refractivity (Wildman–Crippen MR) is 67.0 cm³/mol. The van der Waals surface area contributed by atoms with E-state index in [1.54, 1.807) is 0 Å². The van der Waals surface area contributed by atoms with Gasteiger partial charge in [0.1, 0.15) is 4.60 Å². The van der Waals surface area contributed by atoms with Crippen LogP contribution in [0.1, 0.15) is 22.5 Å². The van der Waals surface area contributed by atoms with E-state index in [4.69, 9.17) is 0 Å². The van der Waals surface area contributed by atoms with Crippen LogP contribution in [0.15, 0.2) is 4.60 Å². The van der Waals surface area contributed by atoms with Crippen molar-refractivity contribution in [2.24, 2.45) is 7.05 Å². The van der Waals surface area contributed by atoms with Crippen molar-refractivity contribution in [2.75, 3.05) is 0 Å². The molecule has 0 spiro atoms. The second kappa shape index (κ2) is 3.73. The number of aryl methyl sites for hydroxylation is 2. The molecule has 0 fully saturated rings. The lowest BCUT2D eigenvalue weighted by Gasteiger charge is -1.99. The Morgan fingerprint density at radius 2 is 1.62 bits per heavy atom. The molecule has 0 aliphatic heterocycles. The minimum absolute atomic E-state index is 0.892. The molecule has 2 rings (SSSR count). The minimum Gasteiger partial charge on any atom is -0.270 e. The summed E-state index contributed by atoms with van der Waals surface area (Å²) in [4.78, 5) is 0. The van der Waals surface area contributed by atoms with Crippen molar-refractivity contribution in [1.82, 2.24) is 19.6 Å². The number of hydrogen-bond donors (Lipinski definition) is 0. The van der Waals surface area contributed by atoms with Gasteiger partial charge in [-0.2, -0.15) is 10.2 Å². The first kappa shape index (κ1) is 11.4. The zero-order valence-electron chi connectivity index (χ0n) is 10.2. The van der Waals surface area contributed by atoms with Gasteiger partial charge in [-0.05, 0) is 43.6 Å². The molecule has 0 atom stereocenters. The van der Waals surface area contributed by atoms with Crippen LogP contribution in [0, 0.1) is 27.7 Å². The highest BCUT2D eigenvalue weighted by Gasteiger charge is 2.16. The molecule has 0 bridgehead atoms. The van der Waals surface area contributed by atoms with Gasteiger partial charge in [-0.15, -0.1) is 0 Å². The van der Waals surface area contributed by atoms with E-state index in [9.17, 15) is 0 Å². The van der Waals surface area contributed by atoms with Gasteiger partial charge in [0, 0.05) is 23.9 Å². The normalized spacial score (nSPS) is 11.1. The van der Waals surface area contributed by atoms with Crippen molar-refractivity contribution in [3.05, 3.63) is 27.1 Å². The average molecular weight is 283 g/mol. The molecule has 0 aliphatic carbocycles. The highest BCUT2D eigenvalue weighted by atomic mass is 79.9. The van der Waals surface area contributed by atoms with E-state index in [1.807, 2.05) is 30.3 Å². The first-order valence-electron chi connectivity index (χ1n) is 5.15. The van der Waals surface area contributed by atoms with Crippen molar-refractivity contribution in [3.8, 4) is 5.82 Å². The second-order valence-corrected chi connectivity index (χ2v) is 4.82. The van der Waals surface area contributed by atoms with Gasteiger partial charge in [0.15, 0.2) is 5.82 Å². The molecule has 86 valence electrons.